The third-order valence-corrected chi connectivity index (χ3v) is 4.34. The number of nitrogens with one attached hydrogen (secondary N) is 2. The molecule has 2 aromatic rings. The van der Waals surface area contributed by atoms with Gasteiger partial charge in [-0.05, 0) is 43.3 Å². The summed E-state index contributed by atoms with van der Waals surface area (Å²) in [6.07, 6.45) is 5.03. The van der Waals surface area contributed by atoms with Crippen molar-refractivity contribution in [1.29, 1.82) is 0 Å². The highest BCUT2D eigenvalue weighted by Gasteiger charge is 2.14. The molecule has 0 saturated heterocycles. The molecule has 0 radical (unpaired) electrons. The lowest BCUT2D eigenvalue weighted by atomic mass is 10.2. The number of aromatic nitrogens is 1. The zero-order chi connectivity index (χ0) is 16.9. The fraction of sp³-hybridized carbons (Fsp3) is 0.125. The normalized spacial score (nSPS) is 10.8. The second kappa shape index (κ2) is 7.05. The van der Waals surface area contributed by atoms with Crippen LogP contribution in [-0.4, -0.2) is 25.9 Å². The van der Waals surface area contributed by atoms with Crippen molar-refractivity contribution in [2.75, 3.05) is 11.9 Å². The van der Waals surface area contributed by atoms with E-state index in [0.29, 0.717) is 11.4 Å². The average Bonchev–Trinajstić information content (AvgIpc) is 2.53. The molecule has 0 aliphatic carbocycles. The topological polar surface area (TPSA) is 88.2 Å². The summed E-state index contributed by atoms with van der Waals surface area (Å²) < 4.78 is 26.0. The number of hydrogen-bond donors (Lipinski definition) is 2. The number of sulfonamides is 1. The van der Waals surface area contributed by atoms with E-state index in [1.54, 1.807) is 12.1 Å². The van der Waals surface area contributed by atoms with Gasteiger partial charge in [0.25, 0.3) is 5.91 Å². The molecule has 1 aromatic carbocycles. The first-order valence-corrected chi connectivity index (χ1v) is 8.19. The first-order valence-electron chi connectivity index (χ1n) is 6.70. The Hall–Kier alpha value is -2.69. The number of carbonyl (C=O) groups is 1. The van der Waals surface area contributed by atoms with E-state index >= 15 is 0 Å². The largest absolute Gasteiger partial charge is 0.307 e. The van der Waals surface area contributed by atoms with Gasteiger partial charge in [-0.3, -0.25) is 4.79 Å². The van der Waals surface area contributed by atoms with Crippen LogP contribution < -0.4 is 10.0 Å². The zero-order valence-corrected chi connectivity index (χ0v) is 13.2. The second-order valence-electron chi connectivity index (χ2n) is 4.67. The van der Waals surface area contributed by atoms with Gasteiger partial charge in [-0.2, -0.15) is 4.72 Å². The Kier molecular flexibility index (Phi) is 5.11. The van der Waals surface area contributed by atoms with Crippen LogP contribution in [0, 0.1) is 19.3 Å². The van der Waals surface area contributed by atoms with Gasteiger partial charge in [-0.1, -0.05) is 12.0 Å². The van der Waals surface area contributed by atoms with Gasteiger partial charge < -0.3 is 5.32 Å². The Labute approximate surface area is 135 Å². The van der Waals surface area contributed by atoms with E-state index in [-0.39, 0.29) is 17.3 Å². The number of rotatable bonds is 5. The number of hydrogen-bond acceptors (Lipinski definition) is 4. The Morgan fingerprint density at radius 2 is 1.91 bits per heavy atom. The summed E-state index contributed by atoms with van der Waals surface area (Å²) in [6.45, 7) is 1.72. The molecule has 1 aromatic heterocycles. The summed E-state index contributed by atoms with van der Waals surface area (Å²) in [6, 6.07) is 10.8. The number of pyridine rings is 1. The first kappa shape index (κ1) is 16.7. The van der Waals surface area contributed by atoms with Gasteiger partial charge >= 0.3 is 0 Å². The van der Waals surface area contributed by atoms with Gasteiger partial charge in [0.05, 0.1) is 11.4 Å². The molecular formula is C16H15N3O3S. The van der Waals surface area contributed by atoms with E-state index < -0.39 is 10.0 Å². The molecule has 0 fully saturated rings. The predicted octanol–water partition coefficient (Wildman–Crippen LogP) is 1.55. The monoisotopic (exact) mass is 329 g/mol. The summed E-state index contributed by atoms with van der Waals surface area (Å²) >= 11 is 0. The van der Waals surface area contributed by atoms with Crippen LogP contribution in [0.5, 0.6) is 0 Å². The predicted molar refractivity (Wildman–Crippen MR) is 87.4 cm³/mol. The third-order valence-electron chi connectivity index (χ3n) is 2.92. The van der Waals surface area contributed by atoms with Crippen molar-refractivity contribution in [3.63, 3.8) is 0 Å². The van der Waals surface area contributed by atoms with Crippen LogP contribution in [0.4, 0.5) is 5.82 Å². The van der Waals surface area contributed by atoms with Crippen molar-refractivity contribution in [1.82, 2.24) is 9.71 Å². The zero-order valence-electron chi connectivity index (χ0n) is 12.4. The Bertz CT molecular complexity index is 853. The average molecular weight is 329 g/mol. The Balaban J connectivity index is 2.13. The summed E-state index contributed by atoms with van der Waals surface area (Å²) in [4.78, 5) is 16.3. The molecule has 2 rings (SSSR count). The maximum atomic E-state index is 12.1. The highest BCUT2D eigenvalue weighted by molar-refractivity contribution is 7.89. The summed E-state index contributed by atoms with van der Waals surface area (Å²) in [5.74, 6) is 2.25. The van der Waals surface area contributed by atoms with Crippen LogP contribution in [0.1, 0.15) is 16.1 Å². The minimum absolute atomic E-state index is 0.0398. The quantitative estimate of drug-likeness (QED) is 0.815. The van der Waals surface area contributed by atoms with Crippen LogP contribution in [0.2, 0.25) is 0 Å². The molecule has 0 unspecified atom stereocenters. The molecule has 23 heavy (non-hydrogen) atoms. The molecule has 1 heterocycles. The summed E-state index contributed by atoms with van der Waals surface area (Å²) in [7, 11) is -3.67. The standard InChI is InChI=1S/C16H15N3O3S/c1-3-11-17-23(21,22)14-9-7-13(8-10-14)16(20)19-15-6-4-5-12(2)18-15/h1,4-10,17H,11H2,2H3,(H,18,19,20). The third kappa shape index (κ3) is 4.39. The van der Waals surface area contributed by atoms with Crippen LogP contribution >= 0.6 is 0 Å². The number of aryl methyl sites for hydroxylation is 1. The number of amides is 1. The van der Waals surface area contributed by atoms with Crippen molar-refractivity contribution < 1.29 is 13.2 Å². The minimum atomic E-state index is -3.67. The fourth-order valence-electron chi connectivity index (χ4n) is 1.81. The van der Waals surface area contributed by atoms with E-state index in [4.69, 9.17) is 6.42 Å². The van der Waals surface area contributed by atoms with Crippen LogP contribution in [0.15, 0.2) is 47.4 Å². The SMILES string of the molecule is C#CCNS(=O)(=O)c1ccc(C(=O)Nc2cccc(C)n2)cc1. The molecule has 0 saturated carbocycles. The Morgan fingerprint density at radius 3 is 2.52 bits per heavy atom. The van der Waals surface area contributed by atoms with Crippen LogP contribution in [0.3, 0.4) is 0 Å². The van der Waals surface area contributed by atoms with Gasteiger partial charge in [0, 0.05) is 11.3 Å². The van der Waals surface area contributed by atoms with E-state index in [0.717, 1.165) is 5.69 Å². The first-order chi connectivity index (χ1) is 10.9. The minimum Gasteiger partial charge on any atom is -0.307 e. The lowest BCUT2D eigenvalue weighted by molar-refractivity contribution is 0.102. The molecule has 0 atom stereocenters. The highest BCUT2D eigenvalue weighted by Crippen LogP contribution is 2.12. The van der Waals surface area contributed by atoms with Crippen molar-refractivity contribution in [3.05, 3.63) is 53.7 Å². The van der Waals surface area contributed by atoms with Crippen molar-refractivity contribution in [3.8, 4) is 12.3 Å². The molecule has 1 amide bonds. The van der Waals surface area contributed by atoms with Gasteiger partial charge in [-0.15, -0.1) is 6.42 Å². The summed E-state index contributed by atoms with van der Waals surface area (Å²) in [5.41, 5.74) is 1.10. The molecule has 2 N–H and O–H groups in total. The number of carbonyl (C=O) groups excluding carboxylic acids is 1. The molecular weight excluding hydrogens is 314 g/mol. The maximum Gasteiger partial charge on any atom is 0.256 e. The molecule has 7 heteroatoms. The lowest BCUT2D eigenvalue weighted by Crippen LogP contribution is -2.24. The molecule has 0 aliphatic rings. The number of benzene rings is 1. The second-order valence-corrected chi connectivity index (χ2v) is 6.44. The number of terminal acetylenes is 1. The van der Waals surface area contributed by atoms with E-state index in [1.165, 1.54) is 24.3 Å². The van der Waals surface area contributed by atoms with Crippen LogP contribution in [0.25, 0.3) is 0 Å². The molecule has 0 spiro atoms. The van der Waals surface area contributed by atoms with Crippen LogP contribution in [-0.2, 0) is 10.0 Å². The maximum absolute atomic E-state index is 12.1. The van der Waals surface area contributed by atoms with Gasteiger partial charge in [0.1, 0.15) is 5.82 Å². The van der Waals surface area contributed by atoms with E-state index in [9.17, 15) is 13.2 Å². The van der Waals surface area contributed by atoms with E-state index in [2.05, 4.69) is 20.9 Å². The van der Waals surface area contributed by atoms with Crippen molar-refractivity contribution in [2.24, 2.45) is 0 Å². The van der Waals surface area contributed by atoms with Gasteiger partial charge in [-0.25, -0.2) is 13.4 Å². The van der Waals surface area contributed by atoms with Crippen molar-refractivity contribution in [2.45, 2.75) is 11.8 Å². The number of anilines is 1. The van der Waals surface area contributed by atoms with Gasteiger partial charge in [0.2, 0.25) is 10.0 Å². The molecule has 0 aliphatic heterocycles. The smallest absolute Gasteiger partial charge is 0.256 e. The number of nitrogens with zero attached hydrogens (tertiary/aromatic N) is 1. The van der Waals surface area contributed by atoms with E-state index in [1.807, 2.05) is 13.0 Å². The summed E-state index contributed by atoms with van der Waals surface area (Å²) in [5, 5.41) is 2.65. The molecule has 118 valence electrons. The van der Waals surface area contributed by atoms with Crippen molar-refractivity contribution >= 4 is 21.7 Å². The molecule has 6 nitrogen and oxygen atoms in total. The molecule has 0 bridgehead atoms. The lowest BCUT2D eigenvalue weighted by Gasteiger charge is -2.07. The Morgan fingerprint density at radius 1 is 1.22 bits per heavy atom. The fourth-order valence-corrected chi connectivity index (χ4v) is 2.74. The van der Waals surface area contributed by atoms with Gasteiger partial charge in [0.15, 0.2) is 0 Å². The highest BCUT2D eigenvalue weighted by atomic mass is 32.2.